The van der Waals surface area contributed by atoms with Crippen LogP contribution in [0.2, 0.25) is 5.02 Å². The predicted octanol–water partition coefficient (Wildman–Crippen LogP) is 3.80. The van der Waals surface area contributed by atoms with Gasteiger partial charge in [-0.3, -0.25) is 9.59 Å². The van der Waals surface area contributed by atoms with Crippen LogP contribution in [-0.2, 0) is 25.4 Å². The molecule has 230 valence electrons. The summed E-state index contributed by atoms with van der Waals surface area (Å²) in [5.74, 6) is -2.61. The minimum absolute atomic E-state index is 0.00610. The van der Waals surface area contributed by atoms with Gasteiger partial charge in [0.05, 0.1) is 38.1 Å². The molecule has 5 rings (SSSR count). The zero-order valence-electron chi connectivity index (χ0n) is 22.6. The number of nitrogens with two attached hydrogens (primary N) is 1. The number of nitrogens with one attached hydrogen (secondary N) is 1. The lowest BCUT2D eigenvalue weighted by Gasteiger charge is -2.39. The Morgan fingerprint density at radius 3 is 2.63 bits per heavy atom. The number of hydrogen-bond donors (Lipinski definition) is 3. The zero-order chi connectivity index (χ0) is 30.9. The summed E-state index contributed by atoms with van der Waals surface area (Å²) in [6.07, 6.45) is -6.35. The molecule has 1 saturated heterocycles. The van der Waals surface area contributed by atoms with Crippen molar-refractivity contribution in [1.82, 2.24) is 4.90 Å². The molecule has 1 unspecified atom stereocenters. The van der Waals surface area contributed by atoms with Crippen molar-refractivity contribution in [2.45, 2.75) is 43.5 Å². The quantitative estimate of drug-likeness (QED) is 0.418. The summed E-state index contributed by atoms with van der Waals surface area (Å²) in [4.78, 5) is 26.3. The maximum atomic E-state index is 14.4. The van der Waals surface area contributed by atoms with Gasteiger partial charge >= 0.3 is 6.18 Å². The van der Waals surface area contributed by atoms with E-state index in [1.54, 1.807) is 0 Å². The third-order valence-corrected chi connectivity index (χ3v) is 7.62. The summed E-state index contributed by atoms with van der Waals surface area (Å²) in [5, 5.41) is 14.2. The molecule has 4 N–H and O–H groups in total. The third-order valence-electron chi connectivity index (χ3n) is 7.38. The van der Waals surface area contributed by atoms with Gasteiger partial charge in [-0.1, -0.05) is 17.7 Å². The number of ether oxygens (including phenoxy) is 3. The van der Waals surface area contributed by atoms with Gasteiger partial charge in [-0.05, 0) is 53.1 Å². The van der Waals surface area contributed by atoms with Crippen LogP contribution in [0.4, 0.5) is 23.2 Å². The number of anilines is 1. The molecule has 3 aliphatic rings. The Hall–Kier alpha value is -3.49. The molecule has 0 saturated carbocycles. The Morgan fingerprint density at radius 2 is 1.95 bits per heavy atom. The number of fused-ring (bicyclic) bond motifs is 3. The van der Waals surface area contributed by atoms with E-state index in [9.17, 15) is 32.3 Å². The van der Waals surface area contributed by atoms with Crippen LogP contribution < -0.4 is 11.1 Å². The Labute approximate surface area is 248 Å². The molecule has 2 amide bonds. The van der Waals surface area contributed by atoms with Crippen LogP contribution in [-0.4, -0.2) is 78.9 Å². The lowest BCUT2D eigenvalue weighted by Crippen LogP contribution is -2.50. The molecular formula is C29H28ClF4N3O6. The van der Waals surface area contributed by atoms with Crippen LogP contribution in [0.25, 0.3) is 5.57 Å². The number of amides is 2. The van der Waals surface area contributed by atoms with Crippen molar-refractivity contribution in [1.29, 1.82) is 0 Å². The summed E-state index contributed by atoms with van der Waals surface area (Å²) in [7, 11) is 0. The maximum Gasteiger partial charge on any atom is 0.414 e. The average Bonchev–Trinajstić information content (AvgIpc) is 2.94. The van der Waals surface area contributed by atoms with E-state index in [2.05, 4.69) is 5.32 Å². The molecule has 0 radical (unpaired) electrons. The Bertz CT molecular complexity index is 1460. The van der Waals surface area contributed by atoms with E-state index in [-0.39, 0.29) is 36.5 Å². The van der Waals surface area contributed by atoms with E-state index in [1.807, 2.05) is 0 Å². The topological polar surface area (TPSA) is 123 Å². The Kier molecular flexibility index (Phi) is 9.09. The zero-order valence-corrected chi connectivity index (χ0v) is 23.3. The van der Waals surface area contributed by atoms with Crippen LogP contribution in [0.15, 0.2) is 54.2 Å². The molecule has 43 heavy (non-hydrogen) atoms. The van der Waals surface area contributed by atoms with Crippen LogP contribution in [0.5, 0.6) is 0 Å². The van der Waals surface area contributed by atoms with E-state index in [0.29, 0.717) is 28.3 Å². The first kappa shape index (κ1) is 31.0. The average molecular weight is 626 g/mol. The van der Waals surface area contributed by atoms with Gasteiger partial charge in [0.1, 0.15) is 18.1 Å². The van der Waals surface area contributed by atoms with Gasteiger partial charge < -0.3 is 35.3 Å². The van der Waals surface area contributed by atoms with Gasteiger partial charge in [0, 0.05) is 35.3 Å². The first-order valence-corrected chi connectivity index (χ1v) is 13.7. The number of benzene rings is 2. The van der Waals surface area contributed by atoms with Crippen molar-refractivity contribution >= 4 is 34.7 Å². The van der Waals surface area contributed by atoms with Gasteiger partial charge in [0.15, 0.2) is 6.10 Å². The summed E-state index contributed by atoms with van der Waals surface area (Å²) < 4.78 is 72.4. The van der Waals surface area contributed by atoms with E-state index in [4.69, 9.17) is 31.5 Å². The van der Waals surface area contributed by atoms with E-state index in [1.165, 1.54) is 41.4 Å². The SMILES string of the molecule is NC(=O)c1ccc(NC(=O)[C@H](C[C@@H]2COCCO2)N2C=C3CO[C@H](C(F)(F)F)Cc4ccc(Cl)cc4C3=CC2O)cc1F. The van der Waals surface area contributed by atoms with Gasteiger partial charge in [0.25, 0.3) is 5.91 Å². The number of halogens is 5. The lowest BCUT2D eigenvalue weighted by molar-refractivity contribution is -0.217. The molecule has 0 spiro atoms. The van der Waals surface area contributed by atoms with Crippen LogP contribution >= 0.6 is 11.6 Å². The second kappa shape index (κ2) is 12.6. The van der Waals surface area contributed by atoms with E-state index < -0.39 is 61.3 Å². The third kappa shape index (κ3) is 7.02. The molecule has 14 heteroatoms. The summed E-state index contributed by atoms with van der Waals surface area (Å²) >= 11 is 6.20. The molecular weight excluding hydrogens is 598 g/mol. The summed E-state index contributed by atoms with van der Waals surface area (Å²) in [6.45, 7) is 0.329. The largest absolute Gasteiger partial charge is 0.414 e. The molecule has 2 aromatic carbocycles. The summed E-state index contributed by atoms with van der Waals surface area (Å²) in [5.41, 5.74) is 6.24. The van der Waals surface area contributed by atoms with E-state index >= 15 is 0 Å². The maximum absolute atomic E-state index is 14.4. The van der Waals surface area contributed by atoms with Gasteiger partial charge in [0.2, 0.25) is 5.91 Å². The Morgan fingerprint density at radius 1 is 1.16 bits per heavy atom. The number of carbonyl (C=O) groups excluding carboxylic acids is 2. The van der Waals surface area contributed by atoms with Gasteiger partial charge in [-0.15, -0.1) is 0 Å². The minimum Gasteiger partial charge on any atom is -0.376 e. The van der Waals surface area contributed by atoms with Crippen molar-refractivity contribution in [2.75, 3.05) is 31.7 Å². The monoisotopic (exact) mass is 625 g/mol. The highest BCUT2D eigenvalue weighted by molar-refractivity contribution is 6.30. The summed E-state index contributed by atoms with van der Waals surface area (Å²) in [6, 6.07) is 6.69. The molecule has 9 nitrogen and oxygen atoms in total. The first-order chi connectivity index (χ1) is 20.4. The highest BCUT2D eigenvalue weighted by atomic mass is 35.5. The lowest BCUT2D eigenvalue weighted by atomic mass is 9.88. The molecule has 0 bridgehead atoms. The molecule has 1 fully saturated rings. The molecule has 3 heterocycles. The Balaban J connectivity index is 1.50. The molecule has 0 aliphatic carbocycles. The number of rotatable bonds is 6. The highest BCUT2D eigenvalue weighted by Crippen LogP contribution is 2.39. The second-order valence-electron chi connectivity index (χ2n) is 10.3. The molecule has 4 atom stereocenters. The fraction of sp³-hybridized carbons (Fsp3) is 0.379. The minimum atomic E-state index is -4.65. The second-order valence-corrected chi connectivity index (χ2v) is 10.7. The molecule has 0 aromatic heterocycles. The number of carbonyl (C=O) groups is 2. The van der Waals surface area contributed by atoms with Crippen molar-refractivity contribution < 1.29 is 46.5 Å². The van der Waals surface area contributed by atoms with Crippen molar-refractivity contribution in [2.24, 2.45) is 5.73 Å². The number of aliphatic hydroxyl groups excluding tert-OH is 1. The first-order valence-electron chi connectivity index (χ1n) is 13.4. The van der Waals surface area contributed by atoms with Gasteiger partial charge in [-0.25, -0.2) is 4.39 Å². The number of nitrogens with zero attached hydrogens (tertiary/aromatic N) is 1. The smallest absolute Gasteiger partial charge is 0.376 e. The number of primary amides is 1. The van der Waals surface area contributed by atoms with Crippen molar-refractivity contribution in [3.05, 3.63) is 81.8 Å². The fourth-order valence-electron chi connectivity index (χ4n) is 5.26. The highest BCUT2D eigenvalue weighted by Gasteiger charge is 2.43. The van der Waals surface area contributed by atoms with Gasteiger partial charge in [-0.2, -0.15) is 13.2 Å². The fourth-order valence-corrected chi connectivity index (χ4v) is 5.43. The molecule has 3 aliphatic heterocycles. The van der Waals surface area contributed by atoms with Crippen molar-refractivity contribution in [3.8, 4) is 0 Å². The van der Waals surface area contributed by atoms with E-state index in [0.717, 1.165) is 12.1 Å². The van der Waals surface area contributed by atoms with Crippen LogP contribution in [0, 0.1) is 5.82 Å². The van der Waals surface area contributed by atoms with Crippen LogP contribution in [0.3, 0.4) is 0 Å². The van der Waals surface area contributed by atoms with Crippen LogP contribution in [0.1, 0.15) is 27.9 Å². The normalized spacial score (nSPS) is 23.1. The number of aliphatic hydroxyl groups is 1. The number of hydrogen-bond acceptors (Lipinski definition) is 7. The predicted molar refractivity (Wildman–Crippen MR) is 147 cm³/mol. The standard InChI is InChI=1S/C29H28ClF4N3O6/c30-17-2-1-15-7-25(29(32,33)34)43-13-16-12-37(26(38)11-22(16)21(15)8-17)24(10-19-14-41-5-6-42-19)28(40)36-18-3-4-20(27(35)39)23(31)9-18/h1-4,8-9,11-12,19,24-26,38H,5-7,10,13-14H2,(H2,35,39)(H,36,40)/t19-,24+,25+,26?/m1/s1. The van der Waals surface area contributed by atoms with Crippen molar-refractivity contribution in [3.63, 3.8) is 0 Å². The molecule has 2 aromatic rings. The number of alkyl halides is 3.